The Morgan fingerprint density at radius 2 is 1.09 bits per heavy atom. The van der Waals surface area contributed by atoms with Crippen LogP contribution in [0.1, 0.15) is 115 Å². The first kappa shape index (κ1) is 37.2. The molecule has 2 rings (SSSR count). The minimum Gasteiger partial charge on any atom is -0.508 e. The van der Waals surface area contributed by atoms with Crippen molar-refractivity contribution in [2.45, 2.75) is 91.5 Å². The predicted molar refractivity (Wildman–Crippen MR) is 165 cm³/mol. The van der Waals surface area contributed by atoms with Crippen LogP contribution in [0.2, 0.25) is 0 Å². The number of hydrogen-bond acceptors (Lipinski definition) is 11. The molecule has 0 spiro atoms. The zero-order valence-corrected chi connectivity index (χ0v) is 27.0. The molecule has 2 atom stereocenters. The van der Waals surface area contributed by atoms with Crippen molar-refractivity contribution in [3.05, 3.63) is 64.7 Å². The third-order valence-electron chi connectivity index (χ3n) is 7.62. The minimum absolute atomic E-state index is 0.0924. The highest BCUT2D eigenvalue weighted by Gasteiger charge is 2.26. The number of aliphatic hydroxyl groups excluding tert-OH is 2. The van der Waals surface area contributed by atoms with E-state index in [1.165, 1.54) is 24.3 Å². The van der Waals surface area contributed by atoms with Crippen LogP contribution < -0.4 is 0 Å². The molecule has 0 amide bonds. The van der Waals surface area contributed by atoms with E-state index in [9.17, 15) is 34.5 Å². The van der Waals surface area contributed by atoms with Crippen molar-refractivity contribution in [2.75, 3.05) is 19.8 Å². The smallest absolute Gasteiger partial charge is 0.338 e. The third kappa shape index (κ3) is 12.2. The van der Waals surface area contributed by atoms with Crippen LogP contribution >= 0.6 is 0 Å². The van der Waals surface area contributed by atoms with E-state index >= 15 is 0 Å². The molecule has 2 aromatic carbocycles. The van der Waals surface area contributed by atoms with E-state index in [4.69, 9.17) is 18.9 Å². The summed E-state index contributed by atoms with van der Waals surface area (Å²) in [5.74, 6) is -3.45. The van der Waals surface area contributed by atoms with Crippen molar-refractivity contribution in [1.82, 2.24) is 0 Å². The summed E-state index contributed by atoms with van der Waals surface area (Å²) < 4.78 is 20.8. The first-order chi connectivity index (χ1) is 21.1. The second-order valence-electron chi connectivity index (χ2n) is 12.1. The Labute approximate surface area is 264 Å². The number of phenolic OH excluding ortho intramolecular Hbond substituents is 1. The van der Waals surface area contributed by atoms with Gasteiger partial charge in [-0.1, -0.05) is 47.0 Å². The molecule has 2 unspecified atom stereocenters. The number of carbonyl (C=O) groups excluding carboxylic acids is 4. The molecule has 0 saturated heterocycles. The van der Waals surface area contributed by atoms with Crippen molar-refractivity contribution in [3.8, 4) is 5.75 Å². The predicted octanol–water partition coefficient (Wildman–Crippen LogP) is 5.24. The van der Waals surface area contributed by atoms with E-state index in [0.717, 1.165) is 37.5 Å². The van der Waals surface area contributed by atoms with Crippen LogP contribution in [0.3, 0.4) is 0 Å². The van der Waals surface area contributed by atoms with Crippen molar-refractivity contribution >= 4 is 23.9 Å². The molecular weight excluding hydrogens is 584 g/mol. The van der Waals surface area contributed by atoms with Gasteiger partial charge in [0, 0.05) is 0 Å². The Kier molecular flexibility index (Phi) is 14.0. The molecule has 0 aliphatic rings. The summed E-state index contributed by atoms with van der Waals surface area (Å²) in [5, 5.41) is 30.5. The van der Waals surface area contributed by atoms with E-state index in [-0.39, 0.29) is 40.0 Å². The summed E-state index contributed by atoms with van der Waals surface area (Å²) in [6.45, 7) is 10.5. The van der Waals surface area contributed by atoms with E-state index in [1.54, 1.807) is 0 Å². The van der Waals surface area contributed by atoms with Crippen molar-refractivity contribution in [3.63, 3.8) is 0 Å². The summed E-state index contributed by atoms with van der Waals surface area (Å²) in [6.07, 6.45) is 1.48. The van der Waals surface area contributed by atoms with Gasteiger partial charge in [-0.05, 0) is 74.6 Å². The second-order valence-corrected chi connectivity index (χ2v) is 12.1. The molecule has 0 aliphatic carbocycles. The molecule has 11 nitrogen and oxygen atoms in total. The molecule has 0 heterocycles. The van der Waals surface area contributed by atoms with Gasteiger partial charge in [-0.2, -0.15) is 0 Å². The van der Waals surface area contributed by atoms with Gasteiger partial charge in [0.1, 0.15) is 37.3 Å². The first-order valence-electron chi connectivity index (χ1n) is 15.2. The molecule has 248 valence electrons. The number of esters is 4. The lowest BCUT2D eigenvalue weighted by Gasteiger charge is -2.29. The number of aromatic hydroxyl groups is 1. The standard InChI is InChI=1S/C34H46O11/c1-7-14-33(4,5)45-32(41)23-12-10-22(11-13-23)29(38)43-20-28(37)21-44-31(40)25-15-24(16-26(35)17-25)30(39)42-19-27(36)18-34(6,8-2)9-3/h10-13,15-17,27-28,35-37H,7-9,14,18-21H2,1-6H3. The SMILES string of the molecule is CCCC(C)(C)OC(=O)c1ccc(C(=O)OCC(O)COC(=O)c2cc(O)cc(C(=O)OCC(O)CC(C)(CC)CC)c2)cc1. The highest BCUT2D eigenvalue weighted by molar-refractivity contribution is 5.96. The highest BCUT2D eigenvalue weighted by Crippen LogP contribution is 2.31. The minimum atomic E-state index is -1.37. The average Bonchev–Trinajstić information content (AvgIpc) is 3.00. The first-order valence-corrected chi connectivity index (χ1v) is 15.2. The third-order valence-corrected chi connectivity index (χ3v) is 7.62. The molecule has 0 saturated carbocycles. The Morgan fingerprint density at radius 1 is 0.667 bits per heavy atom. The van der Waals surface area contributed by atoms with Crippen molar-refractivity contribution in [2.24, 2.45) is 5.41 Å². The number of carbonyl (C=O) groups is 4. The molecular formula is C34H46O11. The summed E-state index contributed by atoms with van der Waals surface area (Å²) in [6, 6.07) is 9.04. The molecule has 0 aromatic heterocycles. The van der Waals surface area contributed by atoms with E-state index in [0.29, 0.717) is 12.8 Å². The van der Waals surface area contributed by atoms with Crippen LogP contribution in [0.4, 0.5) is 0 Å². The Hall–Kier alpha value is -3.96. The maximum absolute atomic E-state index is 12.6. The molecule has 45 heavy (non-hydrogen) atoms. The largest absolute Gasteiger partial charge is 0.508 e. The fourth-order valence-electron chi connectivity index (χ4n) is 4.53. The molecule has 2 aromatic rings. The summed E-state index contributed by atoms with van der Waals surface area (Å²) in [7, 11) is 0. The van der Waals surface area contributed by atoms with Crippen LogP contribution in [0.15, 0.2) is 42.5 Å². The lowest BCUT2D eigenvalue weighted by Crippen LogP contribution is -2.27. The van der Waals surface area contributed by atoms with Crippen LogP contribution in [0.5, 0.6) is 5.75 Å². The van der Waals surface area contributed by atoms with Gasteiger partial charge in [0.15, 0.2) is 0 Å². The number of phenols is 1. The van der Waals surface area contributed by atoms with Gasteiger partial charge in [-0.15, -0.1) is 0 Å². The average molecular weight is 631 g/mol. The summed E-state index contributed by atoms with van der Waals surface area (Å²) >= 11 is 0. The summed E-state index contributed by atoms with van der Waals surface area (Å²) in [4.78, 5) is 49.9. The van der Waals surface area contributed by atoms with Crippen LogP contribution in [-0.4, -0.2) is 76.8 Å². The Bertz CT molecular complexity index is 1300. The molecule has 0 fully saturated rings. The number of aliphatic hydroxyl groups is 2. The van der Waals surface area contributed by atoms with Gasteiger partial charge < -0.3 is 34.3 Å². The van der Waals surface area contributed by atoms with Crippen LogP contribution in [0, 0.1) is 5.41 Å². The summed E-state index contributed by atoms with van der Waals surface area (Å²) in [5.41, 5.74) is -0.595. The molecule has 0 bridgehead atoms. The number of ether oxygens (including phenoxy) is 4. The topological polar surface area (TPSA) is 166 Å². The van der Waals surface area contributed by atoms with Crippen LogP contribution in [-0.2, 0) is 18.9 Å². The molecule has 0 radical (unpaired) electrons. The maximum Gasteiger partial charge on any atom is 0.338 e. The number of benzene rings is 2. The van der Waals surface area contributed by atoms with Crippen LogP contribution in [0.25, 0.3) is 0 Å². The van der Waals surface area contributed by atoms with Gasteiger partial charge in [-0.3, -0.25) is 0 Å². The Morgan fingerprint density at radius 3 is 1.53 bits per heavy atom. The van der Waals surface area contributed by atoms with Gasteiger partial charge >= 0.3 is 23.9 Å². The van der Waals surface area contributed by atoms with Gasteiger partial charge in [0.05, 0.1) is 28.4 Å². The van der Waals surface area contributed by atoms with E-state index < -0.39 is 54.9 Å². The van der Waals surface area contributed by atoms with Gasteiger partial charge in [-0.25, -0.2) is 19.2 Å². The van der Waals surface area contributed by atoms with E-state index in [2.05, 4.69) is 0 Å². The fraction of sp³-hybridized carbons (Fsp3) is 0.529. The fourth-order valence-corrected chi connectivity index (χ4v) is 4.53. The second kappa shape index (κ2) is 16.9. The molecule has 3 N–H and O–H groups in total. The normalized spacial score (nSPS) is 13.0. The monoisotopic (exact) mass is 630 g/mol. The molecule has 0 aliphatic heterocycles. The zero-order valence-electron chi connectivity index (χ0n) is 27.0. The highest BCUT2D eigenvalue weighted by atomic mass is 16.6. The van der Waals surface area contributed by atoms with Crippen molar-refractivity contribution in [1.29, 1.82) is 0 Å². The van der Waals surface area contributed by atoms with Gasteiger partial charge in [0.2, 0.25) is 0 Å². The number of hydrogen-bond donors (Lipinski definition) is 3. The number of rotatable bonds is 17. The maximum atomic E-state index is 12.6. The lowest BCUT2D eigenvalue weighted by atomic mass is 9.80. The Balaban J connectivity index is 1.86. The molecule has 11 heteroatoms. The van der Waals surface area contributed by atoms with Gasteiger partial charge in [0.25, 0.3) is 0 Å². The quantitative estimate of drug-likeness (QED) is 0.155. The lowest BCUT2D eigenvalue weighted by molar-refractivity contribution is -0.00589. The van der Waals surface area contributed by atoms with E-state index in [1.807, 2.05) is 41.5 Å². The zero-order chi connectivity index (χ0) is 33.8. The van der Waals surface area contributed by atoms with Crippen molar-refractivity contribution < 1.29 is 53.4 Å².